The molecule has 0 atom stereocenters. The molecule has 2 aromatic rings. The Labute approximate surface area is 103 Å². The van der Waals surface area contributed by atoms with Gasteiger partial charge in [-0.05, 0) is 34.1 Å². The van der Waals surface area contributed by atoms with Gasteiger partial charge in [-0.2, -0.15) is 5.10 Å². The van der Waals surface area contributed by atoms with Crippen molar-refractivity contribution in [2.75, 3.05) is 0 Å². The maximum Gasteiger partial charge on any atom is 0.153 e. The Balaban J connectivity index is 2.49. The Morgan fingerprint density at radius 1 is 1.33 bits per heavy atom. The van der Waals surface area contributed by atoms with Crippen LogP contribution in [0.1, 0.15) is 10.4 Å². The fourth-order valence-electron chi connectivity index (χ4n) is 1.20. The fraction of sp³-hybridized carbons (Fsp3) is 0. The highest BCUT2D eigenvalue weighted by atomic mass is 79.9. The van der Waals surface area contributed by atoms with Crippen LogP contribution in [0.4, 0.5) is 0 Å². The Hall–Kier alpha value is -0.940. The lowest BCUT2D eigenvalue weighted by atomic mass is 10.3. The smallest absolute Gasteiger partial charge is 0.153 e. The molecule has 0 saturated carbocycles. The average Bonchev–Trinajstić information content (AvgIpc) is 2.66. The Morgan fingerprint density at radius 2 is 2.13 bits per heavy atom. The molecule has 0 unspecified atom stereocenters. The van der Waals surface area contributed by atoms with E-state index in [1.807, 2.05) is 18.2 Å². The van der Waals surface area contributed by atoms with Gasteiger partial charge in [0, 0.05) is 15.1 Å². The minimum absolute atomic E-state index is 0.560. The molecule has 1 heterocycles. The first kappa shape index (κ1) is 10.6. The third-order valence-corrected chi connectivity index (χ3v) is 3.02. The molecule has 2 rings (SSSR count). The molecule has 15 heavy (non-hydrogen) atoms. The van der Waals surface area contributed by atoms with Crippen molar-refractivity contribution in [1.82, 2.24) is 9.78 Å². The largest absolute Gasteiger partial charge is 0.298 e. The summed E-state index contributed by atoms with van der Waals surface area (Å²) in [5.41, 5.74) is 1.45. The molecule has 0 aliphatic carbocycles. The summed E-state index contributed by atoms with van der Waals surface area (Å²) in [6.07, 6.45) is 3.98. The van der Waals surface area contributed by atoms with E-state index in [9.17, 15) is 4.79 Å². The van der Waals surface area contributed by atoms with Crippen LogP contribution < -0.4 is 0 Å². The average molecular weight is 330 g/mol. The highest BCUT2D eigenvalue weighted by molar-refractivity contribution is 9.11. The Morgan fingerprint density at radius 3 is 2.73 bits per heavy atom. The molecule has 0 bridgehead atoms. The first-order valence-corrected chi connectivity index (χ1v) is 5.74. The summed E-state index contributed by atoms with van der Waals surface area (Å²) in [6.45, 7) is 0. The number of hydrogen-bond acceptors (Lipinski definition) is 2. The lowest BCUT2D eigenvalue weighted by Gasteiger charge is -2.04. The van der Waals surface area contributed by atoms with Crippen molar-refractivity contribution in [2.45, 2.75) is 0 Å². The number of aldehydes is 1. The van der Waals surface area contributed by atoms with Crippen LogP contribution in [0.3, 0.4) is 0 Å². The van der Waals surface area contributed by atoms with E-state index in [0.717, 1.165) is 20.9 Å². The third kappa shape index (κ3) is 2.18. The van der Waals surface area contributed by atoms with Gasteiger partial charge in [0.05, 0.1) is 17.4 Å². The molecule has 1 aromatic carbocycles. The van der Waals surface area contributed by atoms with E-state index in [0.29, 0.717) is 5.56 Å². The van der Waals surface area contributed by atoms with Gasteiger partial charge in [0.15, 0.2) is 6.29 Å². The highest BCUT2D eigenvalue weighted by Crippen LogP contribution is 2.24. The SMILES string of the molecule is O=Cc1cnn(-c2ccc(Br)cc2Br)c1. The van der Waals surface area contributed by atoms with Gasteiger partial charge >= 0.3 is 0 Å². The zero-order valence-electron chi connectivity index (χ0n) is 7.52. The van der Waals surface area contributed by atoms with Gasteiger partial charge in [-0.1, -0.05) is 15.9 Å². The Kier molecular flexibility index (Phi) is 3.02. The van der Waals surface area contributed by atoms with Crippen LogP contribution >= 0.6 is 31.9 Å². The van der Waals surface area contributed by atoms with E-state index in [1.165, 1.54) is 6.20 Å². The standard InChI is InChI=1S/C10H6Br2N2O/c11-8-1-2-10(9(12)3-8)14-5-7(6-15)4-13-14/h1-6H. The van der Waals surface area contributed by atoms with E-state index in [-0.39, 0.29) is 0 Å². The first-order chi connectivity index (χ1) is 7.20. The van der Waals surface area contributed by atoms with Gasteiger partial charge in [0.2, 0.25) is 0 Å². The van der Waals surface area contributed by atoms with Crippen LogP contribution in [0.25, 0.3) is 5.69 Å². The number of hydrogen-bond donors (Lipinski definition) is 0. The monoisotopic (exact) mass is 328 g/mol. The summed E-state index contributed by atoms with van der Waals surface area (Å²) < 4.78 is 3.55. The molecule has 1 aromatic heterocycles. The zero-order valence-corrected chi connectivity index (χ0v) is 10.7. The van der Waals surface area contributed by atoms with E-state index in [2.05, 4.69) is 37.0 Å². The molecule has 0 amide bonds. The molecule has 0 spiro atoms. The minimum Gasteiger partial charge on any atom is -0.298 e. The number of nitrogens with zero attached hydrogens (tertiary/aromatic N) is 2. The summed E-state index contributed by atoms with van der Waals surface area (Å²) in [7, 11) is 0. The number of rotatable bonds is 2. The van der Waals surface area contributed by atoms with Gasteiger partial charge in [-0.15, -0.1) is 0 Å². The van der Waals surface area contributed by atoms with E-state index in [4.69, 9.17) is 0 Å². The van der Waals surface area contributed by atoms with Crippen LogP contribution in [0.5, 0.6) is 0 Å². The number of aromatic nitrogens is 2. The van der Waals surface area contributed by atoms with Crippen molar-refractivity contribution in [3.8, 4) is 5.69 Å². The maximum absolute atomic E-state index is 10.5. The van der Waals surface area contributed by atoms with Gasteiger partial charge in [-0.25, -0.2) is 4.68 Å². The zero-order chi connectivity index (χ0) is 10.8. The summed E-state index contributed by atoms with van der Waals surface area (Å²) in [6, 6.07) is 5.76. The van der Waals surface area contributed by atoms with E-state index >= 15 is 0 Å². The van der Waals surface area contributed by atoms with Crippen molar-refractivity contribution in [3.05, 3.63) is 45.1 Å². The number of carbonyl (C=O) groups excluding carboxylic acids is 1. The van der Waals surface area contributed by atoms with Gasteiger partial charge in [0.1, 0.15) is 0 Å². The molecule has 0 fully saturated rings. The summed E-state index contributed by atoms with van der Waals surface area (Å²) in [4.78, 5) is 10.5. The van der Waals surface area contributed by atoms with Crippen molar-refractivity contribution in [3.63, 3.8) is 0 Å². The van der Waals surface area contributed by atoms with E-state index in [1.54, 1.807) is 10.9 Å². The predicted octanol–water partition coefficient (Wildman–Crippen LogP) is 3.21. The van der Waals surface area contributed by atoms with Gasteiger partial charge in [0.25, 0.3) is 0 Å². The van der Waals surface area contributed by atoms with Crippen molar-refractivity contribution in [1.29, 1.82) is 0 Å². The number of benzene rings is 1. The van der Waals surface area contributed by atoms with Crippen LogP contribution in [-0.2, 0) is 0 Å². The quantitative estimate of drug-likeness (QED) is 0.793. The summed E-state index contributed by atoms with van der Waals surface area (Å²) in [5, 5.41) is 4.09. The molecule has 76 valence electrons. The molecule has 0 saturated heterocycles. The first-order valence-electron chi connectivity index (χ1n) is 4.16. The number of halogens is 2. The molecule has 3 nitrogen and oxygen atoms in total. The second-order valence-corrected chi connectivity index (χ2v) is 4.70. The molecule has 0 N–H and O–H groups in total. The number of carbonyl (C=O) groups is 1. The molecular weight excluding hydrogens is 324 g/mol. The maximum atomic E-state index is 10.5. The summed E-state index contributed by atoms with van der Waals surface area (Å²) in [5.74, 6) is 0. The fourth-order valence-corrected chi connectivity index (χ4v) is 2.43. The predicted molar refractivity (Wildman–Crippen MR) is 64.4 cm³/mol. The summed E-state index contributed by atoms with van der Waals surface area (Å²) >= 11 is 6.81. The molecular formula is C10H6Br2N2O. The van der Waals surface area contributed by atoms with Crippen LogP contribution in [0, 0.1) is 0 Å². The lowest BCUT2D eigenvalue weighted by Crippen LogP contribution is -1.95. The normalized spacial score (nSPS) is 10.3. The lowest BCUT2D eigenvalue weighted by molar-refractivity contribution is 0.112. The van der Waals surface area contributed by atoms with Gasteiger partial charge in [-0.3, -0.25) is 4.79 Å². The third-order valence-electron chi connectivity index (χ3n) is 1.90. The second-order valence-electron chi connectivity index (χ2n) is 2.93. The minimum atomic E-state index is 0.560. The molecule has 5 heteroatoms. The molecule has 0 aliphatic heterocycles. The van der Waals surface area contributed by atoms with Crippen LogP contribution in [0.2, 0.25) is 0 Å². The highest BCUT2D eigenvalue weighted by Gasteiger charge is 2.04. The van der Waals surface area contributed by atoms with E-state index < -0.39 is 0 Å². The van der Waals surface area contributed by atoms with Crippen molar-refractivity contribution < 1.29 is 4.79 Å². The van der Waals surface area contributed by atoms with Crippen molar-refractivity contribution in [2.24, 2.45) is 0 Å². The topological polar surface area (TPSA) is 34.9 Å². The Bertz CT molecular complexity index is 508. The second kappa shape index (κ2) is 4.28. The van der Waals surface area contributed by atoms with Crippen LogP contribution in [-0.4, -0.2) is 16.1 Å². The molecule has 0 aliphatic rings. The van der Waals surface area contributed by atoms with Crippen LogP contribution in [0.15, 0.2) is 39.5 Å². The molecule has 0 radical (unpaired) electrons. The van der Waals surface area contributed by atoms with Crippen molar-refractivity contribution >= 4 is 38.1 Å². The van der Waals surface area contributed by atoms with Gasteiger partial charge < -0.3 is 0 Å².